The summed E-state index contributed by atoms with van der Waals surface area (Å²) in [6, 6.07) is 9.93. The molecule has 3 heteroatoms. The van der Waals surface area contributed by atoms with Crippen LogP contribution in [0, 0.1) is 5.92 Å². The van der Waals surface area contributed by atoms with Crippen LogP contribution in [0.3, 0.4) is 0 Å². The molecular weight excluding hydrogens is 222 g/mol. The second-order valence-electron chi connectivity index (χ2n) is 5.77. The maximum Gasteiger partial charge on any atom is 0.127 e. The monoisotopic (exact) mass is 241 g/mol. The number of fused-ring (bicyclic) bond motifs is 1. The molecule has 1 saturated carbocycles. The van der Waals surface area contributed by atoms with E-state index in [9.17, 15) is 0 Å². The van der Waals surface area contributed by atoms with E-state index in [1.54, 1.807) is 0 Å². The molecule has 0 radical (unpaired) electrons. The first-order valence-corrected chi connectivity index (χ1v) is 6.49. The van der Waals surface area contributed by atoms with Gasteiger partial charge in [-0.3, -0.25) is 0 Å². The number of rotatable bonds is 3. The average molecular weight is 241 g/mol. The Labute approximate surface area is 107 Å². The highest BCUT2D eigenvalue weighted by molar-refractivity contribution is 5.83. The summed E-state index contributed by atoms with van der Waals surface area (Å²) in [4.78, 5) is 4.65. The van der Waals surface area contributed by atoms with Gasteiger partial charge in [-0.1, -0.05) is 0 Å². The van der Waals surface area contributed by atoms with Crippen molar-refractivity contribution >= 4 is 22.4 Å². The summed E-state index contributed by atoms with van der Waals surface area (Å²) in [5.41, 5.74) is 7.67. The first kappa shape index (κ1) is 11.3. The molecule has 3 rings (SSSR count). The van der Waals surface area contributed by atoms with Crippen LogP contribution in [0.5, 0.6) is 0 Å². The van der Waals surface area contributed by atoms with Gasteiger partial charge in [-0.05, 0) is 62.9 Å². The van der Waals surface area contributed by atoms with Crippen LogP contribution in [-0.2, 0) is 0 Å². The lowest BCUT2D eigenvalue weighted by Gasteiger charge is -2.26. The Bertz CT molecular complexity index is 585. The average Bonchev–Trinajstić information content (AvgIpc) is 3.13. The van der Waals surface area contributed by atoms with E-state index in [0.717, 1.165) is 28.3 Å². The molecule has 1 aliphatic carbocycles. The molecule has 1 heterocycles. The third-order valence-electron chi connectivity index (χ3n) is 3.76. The third-order valence-corrected chi connectivity index (χ3v) is 3.76. The highest BCUT2D eigenvalue weighted by atomic mass is 15.1. The molecule has 0 atom stereocenters. The van der Waals surface area contributed by atoms with Crippen molar-refractivity contribution in [3.05, 3.63) is 30.3 Å². The Kier molecular flexibility index (Phi) is 2.44. The van der Waals surface area contributed by atoms with Gasteiger partial charge in [0.2, 0.25) is 0 Å². The summed E-state index contributed by atoms with van der Waals surface area (Å²) < 4.78 is 0. The van der Waals surface area contributed by atoms with Crippen molar-refractivity contribution in [2.24, 2.45) is 5.92 Å². The topological polar surface area (TPSA) is 50.9 Å². The minimum absolute atomic E-state index is 0.133. The van der Waals surface area contributed by atoms with E-state index in [4.69, 9.17) is 5.73 Å². The number of nitrogens with zero attached hydrogens (tertiary/aromatic N) is 1. The molecule has 2 aromatic rings. The van der Waals surface area contributed by atoms with E-state index < -0.39 is 0 Å². The Hall–Kier alpha value is -1.77. The van der Waals surface area contributed by atoms with Gasteiger partial charge < -0.3 is 11.1 Å². The number of anilines is 2. The zero-order chi connectivity index (χ0) is 12.8. The van der Waals surface area contributed by atoms with Crippen molar-refractivity contribution in [2.75, 3.05) is 11.1 Å². The first-order valence-electron chi connectivity index (χ1n) is 6.49. The number of aromatic nitrogens is 1. The highest BCUT2D eigenvalue weighted by Gasteiger charge is 2.37. The number of nitrogen functional groups attached to an aromatic ring is 1. The fourth-order valence-electron chi connectivity index (χ4n) is 2.45. The molecule has 0 aliphatic heterocycles. The highest BCUT2D eigenvalue weighted by Crippen LogP contribution is 2.40. The number of hydrogen-bond donors (Lipinski definition) is 2. The van der Waals surface area contributed by atoms with E-state index in [0.29, 0.717) is 0 Å². The molecular formula is C15H19N3. The fraction of sp³-hybridized carbons (Fsp3) is 0.400. The van der Waals surface area contributed by atoms with E-state index in [1.165, 1.54) is 12.8 Å². The molecule has 0 saturated heterocycles. The first-order chi connectivity index (χ1) is 8.54. The molecule has 3 nitrogen and oxygen atoms in total. The second-order valence-corrected chi connectivity index (χ2v) is 5.77. The van der Waals surface area contributed by atoms with E-state index >= 15 is 0 Å². The van der Waals surface area contributed by atoms with Gasteiger partial charge in [-0.2, -0.15) is 0 Å². The molecule has 0 unspecified atom stereocenters. The van der Waals surface area contributed by atoms with E-state index in [-0.39, 0.29) is 5.54 Å². The summed E-state index contributed by atoms with van der Waals surface area (Å²) in [5, 5.41) is 4.63. The lowest BCUT2D eigenvalue weighted by atomic mass is 9.99. The summed E-state index contributed by atoms with van der Waals surface area (Å²) in [7, 11) is 0. The van der Waals surface area contributed by atoms with Crippen molar-refractivity contribution < 1.29 is 0 Å². The molecule has 3 N–H and O–H groups in total. The van der Waals surface area contributed by atoms with Gasteiger partial charge >= 0.3 is 0 Å². The Morgan fingerprint density at radius 2 is 2.00 bits per heavy atom. The smallest absolute Gasteiger partial charge is 0.127 e. The molecule has 1 fully saturated rings. The van der Waals surface area contributed by atoms with Crippen LogP contribution >= 0.6 is 0 Å². The molecule has 18 heavy (non-hydrogen) atoms. The zero-order valence-corrected chi connectivity index (χ0v) is 10.9. The summed E-state index contributed by atoms with van der Waals surface area (Å²) in [5.74, 6) is 1.73. The number of benzene rings is 1. The standard InChI is InChI=1S/C15H19N3/c1-15(2,11-4-5-11)18-14-8-3-10-9-12(16)6-7-13(10)17-14/h3,6-9,11H,4-5,16H2,1-2H3,(H,17,18). The van der Waals surface area contributed by atoms with Gasteiger partial charge in [-0.15, -0.1) is 0 Å². The predicted octanol–water partition coefficient (Wildman–Crippen LogP) is 3.42. The Morgan fingerprint density at radius 3 is 2.72 bits per heavy atom. The SMILES string of the molecule is CC(C)(Nc1ccc2cc(N)ccc2n1)C1CC1. The second kappa shape index (κ2) is 3.87. The van der Waals surface area contributed by atoms with Gasteiger partial charge in [0.1, 0.15) is 5.82 Å². The lowest BCUT2D eigenvalue weighted by molar-refractivity contribution is 0.493. The minimum Gasteiger partial charge on any atom is -0.399 e. The molecule has 0 bridgehead atoms. The normalized spacial score (nSPS) is 15.9. The van der Waals surface area contributed by atoms with Crippen LogP contribution in [0.4, 0.5) is 11.5 Å². The van der Waals surface area contributed by atoms with Crippen LogP contribution in [0.15, 0.2) is 30.3 Å². The maximum atomic E-state index is 5.77. The van der Waals surface area contributed by atoms with Crippen LogP contribution < -0.4 is 11.1 Å². The van der Waals surface area contributed by atoms with Crippen LogP contribution in [0.2, 0.25) is 0 Å². The third kappa shape index (κ3) is 2.13. The summed E-state index contributed by atoms with van der Waals surface area (Å²) in [6.45, 7) is 4.50. The summed E-state index contributed by atoms with van der Waals surface area (Å²) in [6.07, 6.45) is 2.65. The minimum atomic E-state index is 0.133. The fourth-order valence-corrected chi connectivity index (χ4v) is 2.45. The van der Waals surface area contributed by atoms with Crippen LogP contribution in [-0.4, -0.2) is 10.5 Å². The lowest BCUT2D eigenvalue weighted by Crippen LogP contribution is -2.33. The van der Waals surface area contributed by atoms with Gasteiger partial charge in [0.25, 0.3) is 0 Å². The molecule has 1 aromatic heterocycles. The zero-order valence-electron chi connectivity index (χ0n) is 10.9. The molecule has 94 valence electrons. The van der Waals surface area contributed by atoms with Crippen molar-refractivity contribution in [1.29, 1.82) is 0 Å². The van der Waals surface area contributed by atoms with Gasteiger partial charge in [0, 0.05) is 16.6 Å². The van der Waals surface area contributed by atoms with Crippen molar-refractivity contribution in [1.82, 2.24) is 4.98 Å². The quantitative estimate of drug-likeness (QED) is 0.809. The van der Waals surface area contributed by atoms with Gasteiger partial charge in [0.05, 0.1) is 5.52 Å². The molecule has 1 aliphatic rings. The predicted molar refractivity (Wildman–Crippen MR) is 76.6 cm³/mol. The summed E-state index contributed by atoms with van der Waals surface area (Å²) >= 11 is 0. The van der Waals surface area contributed by atoms with Crippen LogP contribution in [0.25, 0.3) is 10.9 Å². The van der Waals surface area contributed by atoms with Crippen molar-refractivity contribution in [2.45, 2.75) is 32.2 Å². The van der Waals surface area contributed by atoms with Gasteiger partial charge in [0.15, 0.2) is 0 Å². The van der Waals surface area contributed by atoms with E-state index in [2.05, 4.69) is 30.2 Å². The molecule has 1 aromatic carbocycles. The number of pyridine rings is 1. The number of nitrogens with one attached hydrogen (secondary N) is 1. The molecule has 0 amide bonds. The largest absolute Gasteiger partial charge is 0.399 e. The maximum absolute atomic E-state index is 5.77. The van der Waals surface area contributed by atoms with Gasteiger partial charge in [-0.25, -0.2) is 4.98 Å². The number of nitrogens with two attached hydrogens (primary N) is 1. The van der Waals surface area contributed by atoms with E-state index in [1.807, 2.05) is 24.3 Å². The van der Waals surface area contributed by atoms with Crippen molar-refractivity contribution in [3.8, 4) is 0 Å². The molecule has 0 spiro atoms. The number of hydrogen-bond acceptors (Lipinski definition) is 3. The Balaban J connectivity index is 1.91. The Morgan fingerprint density at radius 1 is 1.22 bits per heavy atom. The van der Waals surface area contributed by atoms with Crippen LogP contribution in [0.1, 0.15) is 26.7 Å². The van der Waals surface area contributed by atoms with Crippen molar-refractivity contribution in [3.63, 3.8) is 0 Å².